The minimum absolute atomic E-state index is 0.00908. The summed E-state index contributed by atoms with van der Waals surface area (Å²) in [7, 11) is 1.32. The molecule has 1 atom stereocenters. The van der Waals surface area contributed by atoms with Crippen LogP contribution in [0.1, 0.15) is 29.0 Å². The van der Waals surface area contributed by atoms with Gasteiger partial charge in [-0.3, -0.25) is 0 Å². The molecular weight excluding hydrogens is 334 g/mol. The zero-order valence-electron chi connectivity index (χ0n) is 11.8. The standard InChI is InChI=1S/C15H16BrN3O2/c1-9(10-4-3-5-11(16)8-10)18-14-12(17)6-7-13(19-14)15(20)21-2/h3-9H,17H2,1-2H3,(H,18,19). The molecule has 0 aliphatic carbocycles. The van der Waals surface area contributed by atoms with E-state index in [1.54, 1.807) is 6.07 Å². The molecule has 0 amide bonds. The summed E-state index contributed by atoms with van der Waals surface area (Å²) in [6.45, 7) is 1.99. The summed E-state index contributed by atoms with van der Waals surface area (Å²) < 4.78 is 5.66. The number of nitrogens with one attached hydrogen (secondary N) is 1. The number of anilines is 2. The molecule has 1 heterocycles. The van der Waals surface area contributed by atoms with Gasteiger partial charge in [0.2, 0.25) is 0 Å². The zero-order valence-corrected chi connectivity index (χ0v) is 13.3. The number of nitrogens with zero attached hydrogens (tertiary/aromatic N) is 1. The summed E-state index contributed by atoms with van der Waals surface area (Å²) in [6, 6.07) is 11.1. The SMILES string of the molecule is COC(=O)c1ccc(N)c(NC(C)c2cccc(Br)c2)n1. The van der Waals surface area contributed by atoms with Crippen molar-refractivity contribution in [3.05, 3.63) is 52.1 Å². The number of carbonyl (C=O) groups excluding carboxylic acids is 1. The van der Waals surface area contributed by atoms with Crippen molar-refractivity contribution in [3.8, 4) is 0 Å². The molecule has 0 aliphatic heterocycles. The minimum Gasteiger partial charge on any atom is -0.464 e. The molecule has 21 heavy (non-hydrogen) atoms. The molecular formula is C15H16BrN3O2. The van der Waals surface area contributed by atoms with Crippen LogP contribution in [0, 0.1) is 0 Å². The summed E-state index contributed by atoms with van der Waals surface area (Å²) in [6.07, 6.45) is 0. The Morgan fingerprint density at radius 1 is 1.38 bits per heavy atom. The molecule has 6 heteroatoms. The normalized spacial score (nSPS) is 11.8. The Labute approximate surface area is 131 Å². The van der Waals surface area contributed by atoms with E-state index in [0.29, 0.717) is 11.5 Å². The van der Waals surface area contributed by atoms with E-state index >= 15 is 0 Å². The Bertz CT molecular complexity index is 661. The molecule has 2 aromatic rings. The lowest BCUT2D eigenvalue weighted by molar-refractivity contribution is 0.0594. The number of hydrogen-bond acceptors (Lipinski definition) is 5. The van der Waals surface area contributed by atoms with Crippen molar-refractivity contribution < 1.29 is 9.53 Å². The Hall–Kier alpha value is -2.08. The van der Waals surface area contributed by atoms with Gasteiger partial charge in [-0.25, -0.2) is 9.78 Å². The number of esters is 1. The fourth-order valence-electron chi connectivity index (χ4n) is 1.87. The van der Waals surface area contributed by atoms with Crippen molar-refractivity contribution in [3.63, 3.8) is 0 Å². The van der Waals surface area contributed by atoms with Gasteiger partial charge in [-0.05, 0) is 36.8 Å². The third kappa shape index (κ3) is 3.72. The van der Waals surface area contributed by atoms with Crippen LogP contribution in [0.4, 0.5) is 11.5 Å². The number of carbonyl (C=O) groups is 1. The van der Waals surface area contributed by atoms with Gasteiger partial charge in [0.1, 0.15) is 0 Å². The number of nitrogens with two attached hydrogens (primary N) is 1. The number of rotatable bonds is 4. The van der Waals surface area contributed by atoms with Gasteiger partial charge in [0.25, 0.3) is 0 Å². The van der Waals surface area contributed by atoms with Crippen molar-refractivity contribution in [1.29, 1.82) is 0 Å². The number of aromatic nitrogens is 1. The van der Waals surface area contributed by atoms with E-state index in [0.717, 1.165) is 10.0 Å². The zero-order chi connectivity index (χ0) is 15.4. The smallest absolute Gasteiger partial charge is 0.356 e. The molecule has 5 nitrogen and oxygen atoms in total. The molecule has 0 saturated heterocycles. The van der Waals surface area contributed by atoms with Crippen LogP contribution in [-0.2, 0) is 4.74 Å². The first kappa shape index (κ1) is 15.3. The molecule has 2 rings (SSSR count). The van der Waals surface area contributed by atoms with Crippen molar-refractivity contribution in [2.75, 3.05) is 18.2 Å². The monoisotopic (exact) mass is 349 g/mol. The molecule has 3 N–H and O–H groups in total. The van der Waals surface area contributed by atoms with Gasteiger partial charge in [0.15, 0.2) is 11.5 Å². The number of ether oxygens (including phenoxy) is 1. The number of nitrogen functional groups attached to an aromatic ring is 1. The van der Waals surface area contributed by atoms with E-state index in [1.807, 2.05) is 31.2 Å². The predicted molar refractivity (Wildman–Crippen MR) is 86.2 cm³/mol. The Kier molecular flexibility index (Phi) is 4.80. The van der Waals surface area contributed by atoms with Crippen LogP contribution >= 0.6 is 15.9 Å². The van der Waals surface area contributed by atoms with Crippen LogP contribution in [-0.4, -0.2) is 18.1 Å². The Morgan fingerprint density at radius 2 is 2.14 bits per heavy atom. The summed E-state index contributed by atoms with van der Waals surface area (Å²) >= 11 is 3.44. The summed E-state index contributed by atoms with van der Waals surface area (Å²) in [5, 5.41) is 3.21. The number of benzene rings is 1. The molecule has 1 unspecified atom stereocenters. The average Bonchev–Trinajstić information content (AvgIpc) is 2.48. The van der Waals surface area contributed by atoms with E-state index in [1.165, 1.54) is 13.2 Å². The van der Waals surface area contributed by atoms with E-state index < -0.39 is 5.97 Å². The highest BCUT2D eigenvalue weighted by Crippen LogP contribution is 2.24. The van der Waals surface area contributed by atoms with Crippen LogP contribution < -0.4 is 11.1 Å². The highest BCUT2D eigenvalue weighted by Gasteiger charge is 2.13. The van der Waals surface area contributed by atoms with Gasteiger partial charge in [0.05, 0.1) is 18.8 Å². The minimum atomic E-state index is -0.492. The van der Waals surface area contributed by atoms with Crippen molar-refractivity contribution in [1.82, 2.24) is 4.98 Å². The van der Waals surface area contributed by atoms with Gasteiger partial charge in [-0.15, -0.1) is 0 Å². The second-order valence-corrected chi connectivity index (χ2v) is 5.46. The first-order valence-corrected chi connectivity index (χ1v) is 7.17. The van der Waals surface area contributed by atoms with Gasteiger partial charge < -0.3 is 15.8 Å². The quantitative estimate of drug-likeness (QED) is 0.827. The lowest BCUT2D eigenvalue weighted by Gasteiger charge is -2.17. The van der Waals surface area contributed by atoms with Crippen LogP contribution in [0.2, 0.25) is 0 Å². The third-order valence-electron chi connectivity index (χ3n) is 3.02. The fourth-order valence-corrected chi connectivity index (χ4v) is 2.29. The van der Waals surface area contributed by atoms with Gasteiger partial charge in [-0.2, -0.15) is 0 Å². The molecule has 1 aromatic heterocycles. The van der Waals surface area contributed by atoms with Gasteiger partial charge in [0, 0.05) is 4.47 Å². The first-order valence-electron chi connectivity index (χ1n) is 6.38. The summed E-state index contributed by atoms with van der Waals surface area (Å²) in [5.74, 6) is -0.0291. The average molecular weight is 350 g/mol. The van der Waals surface area contributed by atoms with Gasteiger partial charge >= 0.3 is 5.97 Å². The van der Waals surface area contributed by atoms with E-state index in [4.69, 9.17) is 5.73 Å². The van der Waals surface area contributed by atoms with Crippen molar-refractivity contribution in [2.45, 2.75) is 13.0 Å². The second-order valence-electron chi connectivity index (χ2n) is 4.55. The molecule has 0 aliphatic rings. The second kappa shape index (κ2) is 6.58. The lowest BCUT2D eigenvalue weighted by Crippen LogP contribution is -2.13. The third-order valence-corrected chi connectivity index (χ3v) is 3.52. The maximum atomic E-state index is 11.5. The maximum Gasteiger partial charge on any atom is 0.356 e. The largest absolute Gasteiger partial charge is 0.464 e. The number of halogens is 1. The molecule has 0 spiro atoms. The molecule has 1 aromatic carbocycles. The van der Waals surface area contributed by atoms with Crippen LogP contribution in [0.3, 0.4) is 0 Å². The maximum absolute atomic E-state index is 11.5. The van der Waals surface area contributed by atoms with Crippen LogP contribution in [0.5, 0.6) is 0 Å². The first-order chi connectivity index (χ1) is 10.0. The molecule has 0 saturated carbocycles. The Morgan fingerprint density at radius 3 is 2.81 bits per heavy atom. The topological polar surface area (TPSA) is 77.2 Å². The summed E-state index contributed by atoms with van der Waals surface area (Å²) in [5.41, 5.74) is 7.67. The lowest BCUT2D eigenvalue weighted by atomic mass is 10.1. The number of hydrogen-bond donors (Lipinski definition) is 2. The Balaban J connectivity index is 2.24. The highest BCUT2D eigenvalue weighted by molar-refractivity contribution is 9.10. The predicted octanol–water partition coefficient (Wildman–Crippen LogP) is 3.39. The molecule has 0 bridgehead atoms. The van der Waals surface area contributed by atoms with E-state index in [9.17, 15) is 4.79 Å². The molecule has 110 valence electrons. The van der Waals surface area contributed by atoms with Gasteiger partial charge in [-0.1, -0.05) is 28.1 Å². The fraction of sp³-hybridized carbons (Fsp3) is 0.200. The number of methoxy groups -OCH3 is 1. The highest BCUT2D eigenvalue weighted by atomic mass is 79.9. The van der Waals surface area contributed by atoms with E-state index in [-0.39, 0.29) is 11.7 Å². The van der Waals surface area contributed by atoms with Crippen LogP contribution in [0.25, 0.3) is 0 Å². The summed E-state index contributed by atoms with van der Waals surface area (Å²) in [4.78, 5) is 15.7. The van der Waals surface area contributed by atoms with Crippen molar-refractivity contribution >= 4 is 33.4 Å². The van der Waals surface area contributed by atoms with Crippen LogP contribution in [0.15, 0.2) is 40.9 Å². The number of pyridine rings is 1. The van der Waals surface area contributed by atoms with E-state index in [2.05, 4.69) is 31.0 Å². The molecule has 0 radical (unpaired) electrons. The van der Waals surface area contributed by atoms with Crippen molar-refractivity contribution in [2.24, 2.45) is 0 Å². The molecule has 0 fully saturated rings.